The van der Waals surface area contributed by atoms with E-state index in [-0.39, 0.29) is 5.82 Å². The largest absolute Gasteiger partial charge is 0.346 e. The molecule has 80 valence electrons. The maximum absolute atomic E-state index is 11.4. The molecular formula is C7H9N5O3. The van der Waals surface area contributed by atoms with Crippen molar-refractivity contribution < 1.29 is 4.79 Å². The number of carbonyl (C=O) groups is 1. The molecule has 0 radical (unpaired) electrons. The lowest BCUT2D eigenvalue weighted by Crippen LogP contribution is -2.38. The van der Waals surface area contributed by atoms with Crippen LogP contribution in [0.15, 0.2) is 19.8 Å². The van der Waals surface area contributed by atoms with Gasteiger partial charge in [-0.3, -0.25) is 14.2 Å². The lowest BCUT2D eigenvalue weighted by atomic mass is 10.7. The number of aryl methyl sites for hydroxylation is 1. The first kappa shape index (κ1) is 11.0. The quantitative estimate of drug-likeness (QED) is 0.562. The van der Waals surface area contributed by atoms with E-state index in [4.69, 9.17) is 0 Å². The minimum Gasteiger partial charge on any atom is -0.271 e. The molecule has 8 nitrogen and oxygen atoms in total. The van der Waals surface area contributed by atoms with Crippen LogP contribution in [0, 0.1) is 0 Å². The molecule has 0 saturated heterocycles. The molecule has 15 heavy (non-hydrogen) atoms. The van der Waals surface area contributed by atoms with Crippen LogP contribution in [-0.4, -0.2) is 20.3 Å². The van der Waals surface area contributed by atoms with Crippen LogP contribution in [0.1, 0.15) is 6.92 Å². The van der Waals surface area contributed by atoms with Gasteiger partial charge in [0.2, 0.25) is 0 Å². The maximum Gasteiger partial charge on any atom is 0.346 e. The van der Waals surface area contributed by atoms with Crippen molar-refractivity contribution in [1.29, 1.82) is 0 Å². The molecular weight excluding hydrogens is 202 g/mol. The van der Waals surface area contributed by atoms with Crippen molar-refractivity contribution in [2.75, 3.05) is 0 Å². The zero-order chi connectivity index (χ0) is 11.6. The second-order valence-electron chi connectivity index (χ2n) is 2.81. The fourth-order valence-corrected chi connectivity index (χ4v) is 0.862. The van der Waals surface area contributed by atoms with Crippen molar-refractivity contribution >= 4 is 11.7 Å². The highest BCUT2D eigenvalue weighted by molar-refractivity contribution is 5.73. The summed E-state index contributed by atoms with van der Waals surface area (Å²) in [5.41, 5.74) is -1.26. The maximum atomic E-state index is 11.4. The molecule has 0 bridgehead atoms. The number of azo groups is 1. The van der Waals surface area contributed by atoms with E-state index < -0.39 is 17.2 Å². The topological polar surface area (TPSA) is 98.7 Å². The molecule has 0 aliphatic rings. The average Bonchev–Trinajstić information content (AvgIpc) is 2.18. The minimum atomic E-state index is -0.692. The third-order valence-corrected chi connectivity index (χ3v) is 1.59. The van der Waals surface area contributed by atoms with E-state index in [1.54, 1.807) is 0 Å². The van der Waals surface area contributed by atoms with Gasteiger partial charge in [0.1, 0.15) is 0 Å². The van der Waals surface area contributed by atoms with E-state index >= 15 is 0 Å². The van der Waals surface area contributed by atoms with E-state index in [2.05, 4.69) is 15.3 Å². The van der Waals surface area contributed by atoms with Crippen LogP contribution in [0.3, 0.4) is 0 Å². The molecule has 0 spiro atoms. The molecule has 0 aliphatic carbocycles. The van der Waals surface area contributed by atoms with Crippen molar-refractivity contribution in [3.8, 4) is 0 Å². The van der Waals surface area contributed by atoms with E-state index in [1.165, 1.54) is 21.0 Å². The van der Waals surface area contributed by atoms with Crippen LogP contribution in [0.2, 0.25) is 0 Å². The average molecular weight is 211 g/mol. The van der Waals surface area contributed by atoms with Gasteiger partial charge < -0.3 is 0 Å². The van der Waals surface area contributed by atoms with Crippen LogP contribution in [-0.2, 0) is 18.9 Å². The number of aromatic nitrogens is 3. The van der Waals surface area contributed by atoms with Crippen LogP contribution < -0.4 is 11.2 Å². The van der Waals surface area contributed by atoms with Crippen LogP contribution >= 0.6 is 0 Å². The molecule has 0 atom stereocenters. The van der Waals surface area contributed by atoms with Gasteiger partial charge in [0.25, 0.3) is 11.7 Å². The molecule has 1 aromatic rings. The Labute approximate surface area is 83.9 Å². The first-order valence-electron chi connectivity index (χ1n) is 4.00. The van der Waals surface area contributed by atoms with Gasteiger partial charge in [-0.25, -0.2) is 9.48 Å². The molecule has 8 heteroatoms. The fraction of sp³-hybridized carbons (Fsp3) is 0.429. The predicted octanol–water partition coefficient (Wildman–Crippen LogP) is -0.891. The molecule has 0 unspecified atom stereocenters. The number of hydrogen-bond acceptors (Lipinski definition) is 5. The van der Waals surface area contributed by atoms with Gasteiger partial charge in [-0.2, -0.15) is 0 Å². The monoisotopic (exact) mass is 211 g/mol. The Balaban J connectivity index is 3.40. The molecule has 1 heterocycles. The van der Waals surface area contributed by atoms with Crippen LogP contribution in [0.4, 0.5) is 5.82 Å². The van der Waals surface area contributed by atoms with E-state index in [1.807, 2.05) is 0 Å². The highest BCUT2D eigenvalue weighted by atomic mass is 16.2. The number of rotatable bonds is 1. The molecule has 0 aliphatic heterocycles. The minimum absolute atomic E-state index is 0.296. The molecule has 0 saturated carbocycles. The predicted molar refractivity (Wildman–Crippen MR) is 49.9 cm³/mol. The summed E-state index contributed by atoms with van der Waals surface area (Å²) in [5, 5.41) is 10.1. The number of hydrogen-bond donors (Lipinski definition) is 0. The number of nitrogens with zero attached hydrogens (tertiary/aromatic N) is 5. The van der Waals surface area contributed by atoms with E-state index in [9.17, 15) is 14.4 Å². The Morgan fingerprint density at radius 1 is 1.33 bits per heavy atom. The molecule has 0 N–H and O–H groups in total. The summed E-state index contributed by atoms with van der Waals surface area (Å²) in [5.74, 6) is -0.845. The van der Waals surface area contributed by atoms with Gasteiger partial charge in [-0.1, -0.05) is 0 Å². The van der Waals surface area contributed by atoms with Crippen molar-refractivity contribution in [3.05, 3.63) is 20.8 Å². The lowest BCUT2D eigenvalue weighted by Gasteiger charge is -1.99. The summed E-state index contributed by atoms with van der Waals surface area (Å²) < 4.78 is 1.78. The molecule has 1 amide bonds. The highest BCUT2D eigenvalue weighted by Gasteiger charge is 2.07. The van der Waals surface area contributed by atoms with Crippen molar-refractivity contribution in [2.24, 2.45) is 24.3 Å². The van der Waals surface area contributed by atoms with Gasteiger partial charge >= 0.3 is 11.2 Å². The Morgan fingerprint density at radius 3 is 2.47 bits per heavy atom. The van der Waals surface area contributed by atoms with Crippen molar-refractivity contribution in [2.45, 2.75) is 6.92 Å². The summed E-state index contributed by atoms with van der Waals surface area (Å²) >= 11 is 0. The van der Waals surface area contributed by atoms with Crippen molar-refractivity contribution in [1.82, 2.24) is 14.3 Å². The molecule has 0 aromatic carbocycles. The fourth-order valence-electron chi connectivity index (χ4n) is 0.862. The zero-order valence-electron chi connectivity index (χ0n) is 8.46. The lowest BCUT2D eigenvalue weighted by molar-refractivity contribution is -0.116. The Bertz CT molecular complexity index is 539. The highest BCUT2D eigenvalue weighted by Crippen LogP contribution is 1.96. The summed E-state index contributed by atoms with van der Waals surface area (Å²) in [4.78, 5) is 33.1. The summed E-state index contributed by atoms with van der Waals surface area (Å²) in [6, 6.07) is 0. The third kappa shape index (κ3) is 2.22. The Kier molecular flexibility index (Phi) is 2.88. The summed E-state index contributed by atoms with van der Waals surface area (Å²) in [7, 11) is 2.66. The van der Waals surface area contributed by atoms with Crippen LogP contribution in [0.25, 0.3) is 0 Å². The third-order valence-electron chi connectivity index (χ3n) is 1.59. The summed E-state index contributed by atoms with van der Waals surface area (Å²) in [6.07, 6.45) is 0. The standard InChI is InChI=1S/C7H9N5O3/c1-4(13)8-9-5-6(14)11(2)7(15)12(3)10-5/h1-3H3. The normalized spacial score (nSPS) is 10.9. The SMILES string of the molecule is CC(=O)N=Nc1nn(C)c(=O)n(C)c1=O. The number of carbonyl (C=O) groups excluding carboxylic acids is 1. The Hall–Kier alpha value is -2.12. The van der Waals surface area contributed by atoms with Gasteiger partial charge in [0.05, 0.1) is 0 Å². The molecule has 0 fully saturated rings. The Morgan fingerprint density at radius 2 is 1.93 bits per heavy atom. The number of amides is 1. The van der Waals surface area contributed by atoms with E-state index in [0.717, 1.165) is 9.25 Å². The summed E-state index contributed by atoms with van der Waals surface area (Å²) in [6.45, 7) is 1.19. The zero-order valence-corrected chi connectivity index (χ0v) is 8.46. The second-order valence-corrected chi connectivity index (χ2v) is 2.81. The van der Waals surface area contributed by atoms with Gasteiger partial charge in [0, 0.05) is 21.0 Å². The molecule has 1 rings (SSSR count). The smallest absolute Gasteiger partial charge is 0.271 e. The van der Waals surface area contributed by atoms with Gasteiger partial charge in [0.15, 0.2) is 0 Å². The second kappa shape index (κ2) is 3.95. The first-order chi connectivity index (χ1) is 6.93. The van der Waals surface area contributed by atoms with E-state index in [0.29, 0.717) is 0 Å². The first-order valence-corrected chi connectivity index (χ1v) is 4.00. The molecule has 1 aromatic heterocycles. The van der Waals surface area contributed by atoms with Gasteiger partial charge in [-0.15, -0.1) is 15.3 Å². The van der Waals surface area contributed by atoms with Crippen molar-refractivity contribution in [3.63, 3.8) is 0 Å². The van der Waals surface area contributed by atoms with Crippen LogP contribution in [0.5, 0.6) is 0 Å². The van der Waals surface area contributed by atoms with Gasteiger partial charge in [-0.05, 0) is 0 Å².